The molecule has 1 saturated heterocycles. The van der Waals surface area contributed by atoms with Crippen molar-refractivity contribution in [3.8, 4) is 0 Å². The van der Waals surface area contributed by atoms with E-state index in [1.165, 1.54) is 13.0 Å². The molecule has 6 nitrogen and oxygen atoms in total. The minimum absolute atomic E-state index is 0.0758. The van der Waals surface area contributed by atoms with E-state index in [2.05, 4.69) is 17.2 Å². The maximum Gasteiger partial charge on any atom is 0.328 e. The summed E-state index contributed by atoms with van der Waals surface area (Å²) in [4.78, 5) is 46.2. The zero-order valence-corrected chi connectivity index (χ0v) is 10.4. The Balaban J connectivity index is 3.15. The molecule has 2 N–H and O–H groups in total. The van der Waals surface area contributed by atoms with Gasteiger partial charge in [0.15, 0.2) is 0 Å². The molecule has 1 aliphatic rings. The SMILES string of the molecule is C=CCC1(C(C)CC(C)=O)C(=O)NC(=O)NC1=O. The van der Waals surface area contributed by atoms with Crippen LogP contribution in [0.25, 0.3) is 0 Å². The van der Waals surface area contributed by atoms with Crippen molar-refractivity contribution < 1.29 is 19.2 Å². The van der Waals surface area contributed by atoms with Crippen LogP contribution in [0.4, 0.5) is 4.79 Å². The Labute approximate surface area is 105 Å². The van der Waals surface area contributed by atoms with Crippen molar-refractivity contribution in [1.82, 2.24) is 10.6 Å². The van der Waals surface area contributed by atoms with E-state index >= 15 is 0 Å². The molecule has 1 unspecified atom stereocenters. The van der Waals surface area contributed by atoms with Crippen LogP contribution in [0.1, 0.15) is 26.7 Å². The Kier molecular flexibility index (Phi) is 4.00. The molecule has 98 valence electrons. The topological polar surface area (TPSA) is 92.3 Å². The van der Waals surface area contributed by atoms with Crippen LogP contribution >= 0.6 is 0 Å². The Bertz CT molecular complexity index is 408. The molecule has 0 aromatic rings. The molecule has 1 heterocycles. The number of rotatable bonds is 5. The molecule has 1 aliphatic heterocycles. The number of carbonyl (C=O) groups excluding carboxylic acids is 4. The summed E-state index contributed by atoms with van der Waals surface area (Å²) in [5.41, 5.74) is -1.44. The lowest BCUT2D eigenvalue weighted by Crippen LogP contribution is -2.64. The number of Topliss-reactive ketones (excluding diaryl/α,β-unsaturated/α-hetero) is 1. The summed E-state index contributed by atoms with van der Waals surface area (Å²) in [6.07, 6.45) is 1.60. The molecule has 1 rings (SSSR count). The first-order chi connectivity index (χ1) is 8.34. The number of nitrogens with one attached hydrogen (secondary N) is 2. The van der Waals surface area contributed by atoms with E-state index in [9.17, 15) is 19.2 Å². The maximum absolute atomic E-state index is 12.0. The lowest BCUT2D eigenvalue weighted by molar-refractivity contribution is -0.148. The smallest absolute Gasteiger partial charge is 0.300 e. The summed E-state index contributed by atoms with van der Waals surface area (Å²) in [5, 5.41) is 4.14. The summed E-state index contributed by atoms with van der Waals surface area (Å²) in [7, 11) is 0. The number of hydrogen-bond donors (Lipinski definition) is 2. The van der Waals surface area contributed by atoms with Crippen LogP contribution in [-0.4, -0.2) is 23.6 Å². The van der Waals surface area contributed by atoms with Gasteiger partial charge < -0.3 is 4.79 Å². The fourth-order valence-electron chi connectivity index (χ4n) is 2.23. The molecule has 18 heavy (non-hydrogen) atoms. The van der Waals surface area contributed by atoms with Crippen molar-refractivity contribution in [1.29, 1.82) is 0 Å². The van der Waals surface area contributed by atoms with Gasteiger partial charge in [-0.1, -0.05) is 13.0 Å². The Hall–Kier alpha value is -1.98. The molecule has 1 fully saturated rings. The number of ketones is 1. The lowest BCUT2D eigenvalue weighted by Gasteiger charge is -2.37. The van der Waals surface area contributed by atoms with Crippen LogP contribution in [0.3, 0.4) is 0 Å². The lowest BCUT2D eigenvalue weighted by atomic mass is 9.69. The van der Waals surface area contributed by atoms with Gasteiger partial charge in [0, 0.05) is 6.42 Å². The summed E-state index contributed by atoms with van der Waals surface area (Å²) in [6, 6.07) is -0.834. The third-order valence-corrected chi connectivity index (χ3v) is 3.17. The highest BCUT2D eigenvalue weighted by Crippen LogP contribution is 2.36. The highest BCUT2D eigenvalue weighted by molar-refractivity contribution is 6.19. The second-order valence-electron chi connectivity index (χ2n) is 4.51. The number of urea groups is 1. The molecular weight excluding hydrogens is 236 g/mol. The van der Waals surface area contributed by atoms with Gasteiger partial charge >= 0.3 is 6.03 Å². The van der Waals surface area contributed by atoms with Gasteiger partial charge in [-0.15, -0.1) is 6.58 Å². The normalized spacial score (nSPS) is 19.8. The van der Waals surface area contributed by atoms with E-state index in [4.69, 9.17) is 0 Å². The first kappa shape index (κ1) is 14.1. The number of barbiturate groups is 1. The number of amides is 4. The van der Waals surface area contributed by atoms with Gasteiger partial charge in [-0.3, -0.25) is 20.2 Å². The van der Waals surface area contributed by atoms with Crippen LogP contribution in [0.2, 0.25) is 0 Å². The monoisotopic (exact) mass is 252 g/mol. The highest BCUT2D eigenvalue weighted by Gasteiger charge is 2.53. The molecule has 0 bridgehead atoms. The average Bonchev–Trinajstić information content (AvgIpc) is 2.22. The minimum Gasteiger partial charge on any atom is -0.300 e. The summed E-state index contributed by atoms with van der Waals surface area (Å²) < 4.78 is 0. The predicted octanol–water partition coefficient (Wildman–Crippen LogP) is 0.530. The summed E-state index contributed by atoms with van der Waals surface area (Å²) in [5.74, 6) is -1.99. The summed E-state index contributed by atoms with van der Waals surface area (Å²) >= 11 is 0. The molecule has 1 atom stereocenters. The highest BCUT2D eigenvalue weighted by atomic mass is 16.2. The molecule has 0 aliphatic carbocycles. The minimum atomic E-state index is -1.44. The van der Waals surface area contributed by atoms with Crippen molar-refractivity contribution in [2.45, 2.75) is 26.7 Å². The first-order valence-corrected chi connectivity index (χ1v) is 5.61. The fraction of sp³-hybridized carbons (Fsp3) is 0.500. The molecular formula is C12H16N2O4. The average molecular weight is 252 g/mol. The standard InChI is InChI=1S/C12H16N2O4/c1-4-5-12(7(2)6-8(3)15)9(16)13-11(18)14-10(12)17/h4,7H,1,5-6H2,2-3H3,(H2,13,14,16,17,18). The van der Waals surface area contributed by atoms with Gasteiger partial charge in [0.1, 0.15) is 11.2 Å². The van der Waals surface area contributed by atoms with Gasteiger partial charge in [-0.25, -0.2) is 4.79 Å². The second kappa shape index (κ2) is 5.12. The Morgan fingerprint density at radius 2 is 1.83 bits per heavy atom. The van der Waals surface area contributed by atoms with E-state index < -0.39 is 29.2 Å². The molecule has 4 amide bonds. The number of hydrogen-bond acceptors (Lipinski definition) is 4. The van der Waals surface area contributed by atoms with Crippen molar-refractivity contribution in [2.75, 3.05) is 0 Å². The van der Waals surface area contributed by atoms with Crippen molar-refractivity contribution in [3.63, 3.8) is 0 Å². The predicted molar refractivity (Wildman–Crippen MR) is 63.4 cm³/mol. The van der Waals surface area contributed by atoms with Crippen molar-refractivity contribution in [3.05, 3.63) is 12.7 Å². The quantitative estimate of drug-likeness (QED) is 0.551. The van der Waals surface area contributed by atoms with E-state index in [1.807, 2.05) is 0 Å². The number of imide groups is 2. The van der Waals surface area contributed by atoms with Gasteiger partial charge in [0.05, 0.1) is 0 Å². The third kappa shape index (κ3) is 2.32. The number of carbonyl (C=O) groups is 4. The fourth-order valence-corrected chi connectivity index (χ4v) is 2.23. The van der Waals surface area contributed by atoms with Crippen LogP contribution in [0.15, 0.2) is 12.7 Å². The molecule has 6 heteroatoms. The molecule has 0 radical (unpaired) electrons. The zero-order chi connectivity index (χ0) is 13.9. The first-order valence-electron chi connectivity index (χ1n) is 5.61. The van der Waals surface area contributed by atoms with Crippen LogP contribution < -0.4 is 10.6 Å². The van der Waals surface area contributed by atoms with E-state index in [0.29, 0.717) is 0 Å². The largest absolute Gasteiger partial charge is 0.328 e. The molecule has 0 aromatic carbocycles. The van der Waals surface area contributed by atoms with Gasteiger partial charge in [-0.05, 0) is 19.3 Å². The maximum atomic E-state index is 12.0. The third-order valence-electron chi connectivity index (χ3n) is 3.17. The second-order valence-corrected chi connectivity index (χ2v) is 4.51. The van der Waals surface area contributed by atoms with Crippen LogP contribution in [0.5, 0.6) is 0 Å². The Morgan fingerprint density at radius 3 is 2.22 bits per heavy atom. The summed E-state index contributed by atoms with van der Waals surface area (Å²) in [6.45, 7) is 6.55. The van der Waals surface area contributed by atoms with Gasteiger partial charge in [0.25, 0.3) is 0 Å². The van der Waals surface area contributed by atoms with E-state index in [0.717, 1.165) is 0 Å². The zero-order valence-electron chi connectivity index (χ0n) is 10.4. The van der Waals surface area contributed by atoms with Gasteiger partial charge in [0.2, 0.25) is 11.8 Å². The molecule has 0 spiro atoms. The van der Waals surface area contributed by atoms with Crippen molar-refractivity contribution in [2.24, 2.45) is 11.3 Å². The van der Waals surface area contributed by atoms with E-state index in [-0.39, 0.29) is 18.6 Å². The Morgan fingerprint density at radius 1 is 1.33 bits per heavy atom. The van der Waals surface area contributed by atoms with Crippen molar-refractivity contribution >= 4 is 23.6 Å². The number of allylic oxidation sites excluding steroid dienone is 1. The molecule has 0 aromatic heterocycles. The van der Waals surface area contributed by atoms with Crippen LogP contribution in [0, 0.1) is 11.3 Å². The molecule has 0 saturated carbocycles. The van der Waals surface area contributed by atoms with Crippen LogP contribution in [-0.2, 0) is 14.4 Å². The van der Waals surface area contributed by atoms with Gasteiger partial charge in [-0.2, -0.15) is 0 Å². The van der Waals surface area contributed by atoms with E-state index in [1.54, 1.807) is 6.92 Å².